The summed E-state index contributed by atoms with van der Waals surface area (Å²) in [7, 11) is 1.76. The van der Waals surface area contributed by atoms with Crippen molar-refractivity contribution in [1.29, 1.82) is 0 Å². The van der Waals surface area contributed by atoms with Crippen LogP contribution in [0.1, 0.15) is 40.5 Å². The second-order valence-corrected chi connectivity index (χ2v) is 6.78. The van der Waals surface area contributed by atoms with Gasteiger partial charge in [0.25, 0.3) is 11.8 Å². The number of halogens is 1. The number of carbonyl (C=O) groups is 2. The van der Waals surface area contributed by atoms with E-state index in [2.05, 4.69) is 0 Å². The van der Waals surface area contributed by atoms with E-state index in [0.29, 0.717) is 29.5 Å². The number of hydrogen-bond acceptors (Lipinski definition) is 3. The molecule has 24 heavy (non-hydrogen) atoms. The van der Waals surface area contributed by atoms with Crippen molar-refractivity contribution in [1.82, 2.24) is 9.80 Å². The van der Waals surface area contributed by atoms with Crippen molar-refractivity contribution in [2.24, 2.45) is 17.6 Å². The Morgan fingerprint density at radius 2 is 1.96 bits per heavy atom. The van der Waals surface area contributed by atoms with E-state index in [4.69, 9.17) is 5.73 Å². The fourth-order valence-electron chi connectivity index (χ4n) is 3.81. The molecule has 2 amide bonds. The first-order valence-electron chi connectivity index (χ1n) is 8.41. The van der Waals surface area contributed by atoms with E-state index in [1.54, 1.807) is 36.2 Å². The summed E-state index contributed by atoms with van der Waals surface area (Å²) >= 11 is 0. The molecule has 2 aliphatic rings. The maximum atomic E-state index is 12.8. The van der Waals surface area contributed by atoms with Gasteiger partial charge >= 0.3 is 0 Å². The molecule has 3 atom stereocenters. The van der Waals surface area contributed by atoms with Crippen LogP contribution in [0.2, 0.25) is 0 Å². The number of likely N-dealkylation sites (tertiary alicyclic amines) is 1. The largest absolute Gasteiger partial charge is 0.342 e. The van der Waals surface area contributed by atoms with Crippen LogP contribution < -0.4 is 5.73 Å². The highest BCUT2D eigenvalue weighted by Crippen LogP contribution is 2.37. The van der Waals surface area contributed by atoms with E-state index in [1.165, 1.54) is 0 Å². The van der Waals surface area contributed by atoms with Gasteiger partial charge in [-0.25, -0.2) is 0 Å². The van der Waals surface area contributed by atoms with E-state index in [-0.39, 0.29) is 30.3 Å². The maximum Gasteiger partial charge on any atom is 0.253 e. The van der Waals surface area contributed by atoms with E-state index in [0.717, 1.165) is 25.9 Å². The summed E-state index contributed by atoms with van der Waals surface area (Å²) in [5.74, 6) is 0.947. The number of hydrogen-bond donors (Lipinski definition) is 1. The summed E-state index contributed by atoms with van der Waals surface area (Å²) in [6.45, 7) is 4.12. The molecule has 1 aliphatic carbocycles. The van der Waals surface area contributed by atoms with Crippen LogP contribution in [-0.2, 0) is 0 Å². The van der Waals surface area contributed by atoms with E-state index in [1.807, 2.05) is 11.8 Å². The normalized spacial score (nSPS) is 25.1. The SMILES string of the molecule is CCN(C)C(=O)c1cccc(C(=O)N2CC3CCC(N)C3C2)c1.Cl. The van der Waals surface area contributed by atoms with Crippen LogP contribution in [0, 0.1) is 11.8 Å². The fraction of sp³-hybridized carbons (Fsp3) is 0.556. The first-order valence-corrected chi connectivity index (χ1v) is 8.41. The second kappa shape index (κ2) is 7.53. The maximum absolute atomic E-state index is 12.8. The van der Waals surface area contributed by atoms with Crippen LogP contribution in [-0.4, -0.2) is 54.3 Å². The zero-order chi connectivity index (χ0) is 16.6. The third-order valence-corrected chi connectivity index (χ3v) is 5.38. The fourth-order valence-corrected chi connectivity index (χ4v) is 3.81. The molecule has 1 aromatic rings. The van der Waals surface area contributed by atoms with Gasteiger partial charge in [-0.3, -0.25) is 9.59 Å². The first kappa shape index (κ1) is 18.7. The molecule has 2 fully saturated rings. The molecular formula is C18H26ClN3O2. The molecule has 0 aromatic heterocycles. The summed E-state index contributed by atoms with van der Waals surface area (Å²) in [6, 6.07) is 7.28. The Morgan fingerprint density at radius 3 is 2.62 bits per heavy atom. The van der Waals surface area contributed by atoms with Gasteiger partial charge in [-0.05, 0) is 49.8 Å². The predicted octanol–water partition coefficient (Wildman–Crippen LogP) is 2.01. The van der Waals surface area contributed by atoms with E-state index < -0.39 is 0 Å². The lowest BCUT2D eigenvalue weighted by atomic mass is 9.98. The minimum atomic E-state index is -0.0533. The van der Waals surface area contributed by atoms with Crippen molar-refractivity contribution >= 4 is 24.2 Å². The quantitative estimate of drug-likeness (QED) is 0.905. The monoisotopic (exact) mass is 351 g/mol. The number of benzene rings is 1. The van der Waals surface area contributed by atoms with Crippen molar-refractivity contribution in [3.63, 3.8) is 0 Å². The highest BCUT2D eigenvalue weighted by molar-refractivity contribution is 5.99. The number of nitrogens with two attached hydrogens (primary N) is 1. The molecule has 1 aromatic carbocycles. The van der Waals surface area contributed by atoms with Gasteiger partial charge in [-0.2, -0.15) is 0 Å². The Balaban J connectivity index is 0.00000208. The van der Waals surface area contributed by atoms with Crippen LogP contribution in [0.5, 0.6) is 0 Å². The molecule has 5 nitrogen and oxygen atoms in total. The number of nitrogens with zero attached hydrogens (tertiary/aromatic N) is 2. The second-order valence-electron chi connectivity index (χ2n) is 6.78. The molecule has 1 saturated heterocycles. The Labute approximate surface area is 149 Å². The summed E-state index contributed by atoms with van der Waals surface area (Å²) in [6.07, 6.45) is 2.19. The van der Waals surface area contributed by atoms with Crippen molar-refractivity contribution in [3.8, 4) is 0 Å². The van der Waals surface area contributed by atoms with Crippen molar-refractivity contribution in [2.75, 3.05) is 26.7 Å². The molecule has 2 N–H and O–H groups in total. The number of amides is 2. The van der Waals surface area contributed by atoms with Gasteiger partial charge < -0.3 is 15.5 Å². The lowest BCUT2D eigenvalue weighted by molar-refractivity contribution is 0.0779. The van der Waals surface area contributed by atoms with Gasteiger partial charge in [0, 0.05) is 43.9 Å². The van der Waals surface area contributed by atoms with E-state index >= 15 is 0 Å². The van der Waals surface area contributed by atoms with Crippen LogP contribution in [0.25, 0.3) is 0 Å². The Hall–Kier alpha value is -1.59. The Bertz CT molecular complexity index is 622. The molecule has 0 spiro atoms. The summed E-state index contributed by atoms with van der Waals surface area (Å²) < 4.78 is 0. The highest BCUT2D eigenvalue weighted by Gasteiger charge is 2.42. The number of carbonyl (C=O) groups excluding carboxylic acids is 2. The van der Waals surface area contributed by atoms with Crippen LogP contribution >= 0.6 is 12.4 Å². The van der Waals surface area contributed by atoms with Gasteiger partial charge in [0.15, 0.2) is 0 Å². The molecule has 6 heteroatoms. The topological polar surface area (TPSA) is 66.6 Å². The molecule has 1 aliphatic heterocycles. The number of fused-ring (bicyclic) bond motifs is 1. The van der Waals surface area contributed by atoms with Gasteiger partial charge in [0.1, 0.15) is 0 Å². The lowest BCUT2D eigenvalue weighted by Gasteiger charge is -2.19. The molecular weight excluding hydrogens is 326 g/mol. The minimum absolute atomic E-state index is 0. The summed E-state index contributed by atoms with van der Waals surface area (Å²) in [5.41, 5.74) is 7.30. The van der Waals surface area contributed by atoms with E-state index in [9.17, 15) is 9.59 Å². The third kappa shape index (κ3) is 3.42. The average molecular weight is 352 g/mol. The minimum Gasteiger partial charge on any atom is -0.342 e. The molecule has 0 radical (unpaired) electrons. The van der Waals surface area contributed by atoms with Gasteiger partial charge in [0.2, 0.25) is 0 Å². The third-order valence-electron chi connectivity index (χ3n) is 5.38. The molecule has 132 valence electrons. The standard InChI is InChI=1S/C18H25N3O2.ClH/c1-3-20(2)17(22)12-5-4-6-13(9-12)18(23)21-10-14-7-8-16(19)15(14)11-21;/h4-6,9,14-16H,3,7-8,10-11,19H2,1-2H3;1H. The van der Waals surface area contributed by atoms with Crippen LogP contribution in [0.3, 0.4) is 0 Å². The van der Waals surface area contributed by atoms with Crippen molar-refractivity contribution < 1.29 is 9.59 Å². The average Bonchev–Trinajstić information content (AvgIpc) is 3.15. The van der Waals surface area contributed by atoms with Gasteiger partial charge in [-0.15, -0.1) is 12.4 Å². The predicted molar refractivity (Wildman–Crippen MR) is 96.4 cm³/mol. The lowest BCUT2D eigenvalue weighted by Crippen LogP contribution is -2.33. The molecule has 1 heterocycles. The molecule has 0 bridgehead atoms. The molecule has 3 rings (SSSR count). The summed E-state index contributed by atoms with van der Waals surface area (Å²) in [5, 5.41) is 0. The van der Waals surface area contributed by atoms with Gasteiger partial charge in [-0.1, -0.05) is 6.07 Å². The van der Waals surface area contributed by atoms with Crippen molar-refractivity contribution in [2.45, 2.75) is 25.8 Å². The van der Waals surface area contributed by atoms with Crippen molar-refractivity contribution in [3.05, 3.63) is 35.4 Å². The molecule has 3 unspecified atom stereocenters. The summed E-state index contributed by atoms with van der Waals surface area (Å²) in [4.78, 5) is 28.6. The van der Waals surface area contributed by atoms with Crippen LogP contribution in [0.15, 0.2) is 24.3 Å². The number of rotatable bonds is 3. The molecule has 1 saturated carbocycles. The van der Waals surface area contributed by atoms with Crippen LogP contribution in [0.4, 0.5) is 0 Å². The smallest absolute Gasteiger partial charge is 0.253 e. The highest BCUT2D eigenvalue weighted by atomic mass is 35.5. The zero-order valence-electron chi connectivity index (χ0n) is 14.3. The van der Waals surface area contributed by atoms with Gasteiger partial charge in [0.05, 0.1) is 0 Å². The zero-order valence-corrected chi connectivity index (χ0v) is 15.1. The Morgan fingerprint density at radius 1 is 1.25 bits per heavy atom. The Kier molecular flexibility index (Phi) is 5.88. The first-order chi connectivity index (χ1) is 11.0.